The van der Waals surface area contributed by atoms with Gasteiger partial charge in [-0.15, -0.1) is 0 Å². The van der Waals surface area contributed by atoms with Gasteiger partial charge in [0, 0.05) is 31.1 Å². The van der Waals surface area contributed by atoms with Crippen LogP contribution in [0.2, 0.25) is 5.02 Å². The molecular formula is C28H39ClN2O3. The van der Waals surface area contributed by atoms with E-state index < -0.39 is 5.60 Å². The highest BCUT2D eigenvalue weighted by Gasteiger charge is 2.39. The molecular weight excluding hydrogens is 448 g/mol. The molecule has 1 unspecified atom stereocenters. The van der Waals surface area contributed by atoms with Crippen molar-refractivity contribution in [1.82, 2.24) is 9.80 Å². The van der Waals surface area contributed by atoms with E-state index in [2.05, 4.69) is 24.0 Å². The van der Waals surface area contributed by atoms with Crippen molar-refractivity contribution in [3.8, 4) is 0 Å². The number of rotatable bonds is 4. The fourth-order valence-electron chi connectivity index (χ4n) is 6.04. The SMILES string of the molecule is CCC1C2=C(CCN1C(=O)C1CCC(CN(C)C(=O)OC(C)(C)C)CC1)c1ccc(Cl)cc1C2. The molecule has 4 rings (SSSR count). The Morgan fingerprint density at radius 1 is 1.18 bits per heavy atom. The number of halogens is 1. The van der Waals surface area contributed by atoms with Gasteiger partial charge in [0.1, 0.15) is 5.60 Å². The molecule has 0 bridgehead atoms. The van der Waals surface area contributed by atoms with E-state index in [0.717, 1.165) is 56.5 Å². The van der Waals surface area contributed by atoms with Gasteiger partial charge in [-0.2, -0.15) is 0 Å². The maximum atomic E-state index is 13.6. The molecule has 0 spiro atoms. The van der Waals surface area contributed by atoms with Crippen molar-refractivity contribution >= 4 is 29.2 Å². The van der Waals surface area contributed by atoms with Crippen LogP contribution in [0.25, 0.3) is 5.57 Å². The fraction of sp³-hybridized carbons (Fsp3) is 0.643. The summed E-state index contributed by atoms with van der Waals surface area (Å²) >= 11 is 6.25. The zero-order valence-electron chi connectivity index (χ0n) is 21.3. The highest BCUT2D eigenvalue weighted by atomic mass is 35.5. The van der Waals surface area contributed by atoms with Gasteiger partial charge in [0.25, 0.3) is 0 Å². The van der Waals surface area contributed by atoms with Gasteiger partial charge in [-0.25, -0.2) is 4.79 Å². The van der Waals surface area contributed by atoms with Crippen LogP contribution in [-0.4, -0.2) is 53.6 Å². The Balaban J connectivity index is 1.34. The smallest absolute Gasteiger partial charge is 0.410 e. The van der Waals surface area contributed by atoms with Crippen LogP contribution in [0.1, 0.15) is 77.3 Å². The molecule has 0 N–H and O–H groups in total. The minimum absolute atomic E-state index is 0.0949. The second-order valence-corrected chi connectivity index (χ2v) is 11.7. The van der Waals surface area contributed by atoms with E-state index in [0.29, 0.717) is 18.4 Å². The molecule has 1 aromatic carbocycles. The molecule has 34 heavy (non-hydrogen) atoms. The molecule has 186 valence electrons. The number of ether oxygens (including phenoxy) is 1. The van der Waals surface area contributed by atoms with Gasteiger partial charge >= 0.3 is 6.09 Å². The average Bonchev–Trinajstić information content (AvgIpc) is 3.14. The van der Waals surface area contributed by atoms with Crippen LogP contribution in [0.3, 0.4) is 0 Å². The molecule has 2 aliphatic carbocycles. The number of carbonyl (C=O) groups is 2. The number of hydrogen-bond acceptors (Lipinski definition) is 3. The summed E-state index contributed by atoms with van der Waals surface area (Å²) in [6.07, 6.45) is 6.29. The van der Waals surface area contributed by atoms with Gasteiger partial charge < -0.3 is 14.5 Å². The summed E-state index contributed by atoms with van der Waals surface area (Å²) < 4.78 is 5.48. The molecule has 0 radical (unpaired) electrons. The Bertz CT molecular complexity index is 972. The van der Waals surface area contributed by atoms with E-state index in [1.54, 1.807) is 4.90 Å². The molecule has 1 aliphatic heterocycles. The first-order valence-electron chi connectivity index (χ1n) is 12.8. The molecule has 1 fully saturated rings. The number of hydrogen-bond donors (Lipinski definition) is 0. The van der Waals surface area contributed by atoms with Crippen LogP contribution < -0.4 is 0 Å². The summed E-state index contributed by atoms with van der Waals surface area (Å²) in [6, 6.07) is 6.41. The zero-order valence-corrected chi connectivity index (χ0v) is 22.1. The Morgan fingerprint density at radius 3 is 2.53 bits per heavy atom. The third-order valence-corrected chi connectivity index (χ3v) is 7.88. The normalized spacial score (nSPS) is 24.5. The van der Waals surface area contributed by atoms with Gasteiger partial charge in [-0.3, -0.25) is 4.79 Å². The molecule has 0 aromatic heterocycles. The number of nitrogens with zero attached hydrogens (tertiary/aromatic N) is 2. The standard InChI is InChI=1S/C28H39ClN2O3/c1-6-25-24-16-20-15-21(29)11-12-22(20)23(24)13-14-31(25)26(32)19-9-7-18(8-10-19)17-30(5)27(33)34-28(2,3)4/h11-12,15,18-19,25H,6-10,13-14,16-17H2,1-5H3. The first-order chi connectivity index (χ1) is 16.1. The fourth-order valence-corrected chi connectivity index (χ4v) is 6.23. The van der Waals surface area contributed by atoms with Gasteiger partial charge in [-0.05, 0) is 106 Å². The summed E-state index contributed by atoms with van der Waals surface area (Å²) in [4.78, 5) is 29.8. The Morgan fingerprint density at radius 2 is 1.88 bits per heavy atom. The Hall–Kier alpha value is -2.01. The van der Waals surface area contributed by atoms with Crippen LogP contribution in [0.15, 0.2) is 23.8 Å². The van der Waals surface area contributed by atoms with Gasteiger partial charge in [0.05, 0.1) is 6.04 Å². The van der Waals surface area contributed by atoms with E-state index in [-0.39, 0.29) is 18.1 Å². The highest BCUT2D eigenvalue weighted by Crippen LogP contribution is 2.43. The van der Waals surface area contributed by atoms with Crippen molar-refractivity contribution in [3.63, 3.8) is 0 Å². The second-order valence-electron chi connectivity index (χ2n) is 11.3. The zero-order chi connectivity index (χ0) is 24.6. The van der Waals surface area contributed by atoms with Gasteiger partial charge in [0.2, 0.25) is 5.91 Å². The third-order valence-electron chi connectivity index (χ3n) is 7.65. The summed E-state index contributed by atoms with van der Waals surface area (Å²) in [5.41, 5.74) is 5.02. The van der Waals surface area contributed by atoms with Gasteiger partial charge in [0.15, 0.2) is 0 Å². The predicted molar refractivity (Wildman–Crippen MR) is 137 cm³/mol. The number of carbonyl (C=O) groups excluding carboxylic acids is 2. The molecule has 1 atom stereocenters. The Labute approximate surface area is 209 Å². The minimum atomic E-state index is -0.484. The summed E-state index contributed by atoms with van der Waals surface area (Å²) in [5, 5.41) is 0.786. The van der Waals surface area contributed by atoms with Crippen molar-refractivity contribution < 1.29 is 14.3 Å². The largest absolute Gasteiger partial charge is 0.444 e. The van der Waals surface area contributed by atoms with Crippen molar-refractivity contribution in [2.45, 2.75) is 84.3 Å². The molecule has 6 heteroatoms. The van der Waals surface area contributed by atoms with Crippen LogP contribution in [0.5, 0.6) is 0 Å². The van der Waals surface area contributed by atoms with Crippen molar-refractivity contribution in [2.24, 2.45) is 11.8 Å². The van der Waals surface area contributed by atoms with Crippen molar-refractivity contribution in [2.75, 3.05) is 20.1 Å². The van der Waals surface area contributed by atoms with Gasteiger partial charge in [-0.1, -0.05) is 24.6 Å². The van der Waals surface area contributed by atoms with Crippen LogP contribution in [0, 0.1) is 11.8 Å². The Kier molecular flexibility index (Phi) is 7.33. The number of amides is 2. The molecule has 1 aromatic rings. The van der Waals surface area contributed by atoms with Crippen LogP contribution in [-0.2, 0) is 16.0 Å². The van der Waals surface area contributed by atoms with E-state index >= 15 is 0 Å². The lowest BCUT2D eigenvalue weighted by molar-refractivity contribution is -0.138. The molecule has 1 saturated carbocycles. The first-order valence-corrected chi connectivity index (χ1v) is 13.2. The number of fused-ring (bicyclic) bond motifs is 2. The lowest BCUT2D eigenvalue weighted by Gasteiger charge is -2.40. The molecule has 5 nitrogen and oxygen atoms in total. The summed E-state index contributed by atoms with van der Waals surface area (Å²) in [5.74, 6) is 0.845. The monoisotopic (exact) mass is 486 g/mol. The molecule has 0 saturated heterocycles. The average molecular weight is 487 g/mol. The first kappa shape index (κ1) is 25.1. The highest BCUT2D eigenvalue weighted by molar-refractivity contribution is 6.30. The summed E-state index contributed by atoms with van der Waals surface area (Å²) in [6.45, 7) is 9.35. The lowest BCUT2D eigenvalue weighted by atomic mass is 9.80. The minimum Gasteiger partial charge on any atom is -0.444 e. The molecule has 1 heterocycles. The quantitative estimate of drug-likeness (QED) is 0.499. The van der Waals surface area contributed by atoms with Crippen molar-refractivity contribution in [1.29, 1.82) is 0 Å². The summed E-state index contributed by atoms with van der Waals surface area (Å²) in [7, 11) is 1.81. The predicted octanol–water partition coefficient (Wildman–Crippen LogP) is 6.33. The lowest BCUT2D eigenvalue weighted by Crippen LogP contribution is -2.48. The number of benzene rings is 1. The van der Waals surface area contributed by atoms with E-state index in [4.69, 9.17) is 16.3 Å². The van der Waals surface area contributed by atoms with E-state index in [1.807, 2.05) is 33.9 Å². The van der Waals surface area contributed by atoms with E-state index in [1.165, 1.54) is 22.3 Å². The maximum absolute atomic E-state index is 13.6. The third kappa shape index (κ3) is 5.30. The van der Waals surface area contributed by atoms with E-state index in [9.17, 15) is 9.59 Å². The van der Waals surface area contributed by atoms with Crippen LogP contribution in [0.4, 0.5) is 4.79 Å². The molecule has 2 amide bonds. The van der Waals surface area contributed by atoms with Crippen LogP contribution >= 0.6 is 11.6 Å². The second kappa shape index (κ2) is 9.93. The molecule has 3 aliphatic rings. The van der Waals surface area contributed by atoms with Crippen molar-refractivity contribution in [3.05, 3.63) is 39.9 Å². The topological polar surface area (TPSA) is 49.9 Å². The maximum Gasteiger partial charge on any atom is 0.410 e.